The van der Waals surface area contributed by atoms with Crippen molar-refractivity contribution < 1.29 is 14.1 Å². The first-order valence-corrected chi connectivity index (χ1v) is 9.10. The zero-order valence-electron chi connectivity index (χ0n) is 13.8. The number of nitrogens with two attached hydrogens (primary N) is 1. The molecule has 0 aliphatic heterocycles. The molecule has 0 bridgehead atoms. The van der Waals surface area contributed by atoms with Crippen molar-refractivity contribution in [2.24, 2.45) is 5.73 Å². The van der Waals surface area contributed by atoms with Gasteiger partial charge >= 0.3 is 0 Å². The Balaban J connectivity index is 1.31. The molecule has 0 spiro atoms. The van der Waals surface area contributed by atoms with Crippen LogP contribution >= 0.6 is 11.3 Å². The van der Waals surface area contributed by atoms with Gasteiger partial charge in [-0.05, 0) is 37.1 Å². The third-order valence-corrected chi connectivity index (χ3v) is 4.72. The second kappa shape index (κ2) is 7.22. The van der Waals surface area contributed by atoms with Gasteiger partial charge in [0.2, 0.25) is 11.7 Å². The molecule has 0 radical (unpaired) electrons. The van der Waals surface area contributed by atoms with Gasteiger partial charge in [0.15, 0.2) is 6.61 Å². The lowest BCUT2D eigenvalue weighted by Crippen LogP contribution is -2.12. The smallest absolute Gasteiger partial charge is 0.275 e. The second-order valence-electron chi connectivity index (χ2n) is 5.92. The highest BCUT2D eigenvalue weighted by atomic mass is 32.1. The first kappa shape index (κ1) is 16.7. The zero-order valence-corrected chi connectivity index (χ0v) is 14.7. The quantitative estimate of drug-likeness (QED) is 0.656. The lowest BCUT2D eigenvalue weighted by atomic mass is 10.3. The van der Waals surface area contributed by atoms with Gasteiger partial charge in [0, 0.05) is 23.5 Å². The number of benzene rings is 1. The van der Waals surface area contributed by atoms with E-state index in [0.29, 0.717) is 41.3 Å². The minimum atomic E-state index is -0.269. The molecule has 0 saturated heterocycles. The van der Waals surface area contributed by atoms with E-state index < -0.39 is 0 Å². The topological polar surface area (TPSA) is 116 Å². The average molecular weight is 371 g/mol. The number of ether oxygens (including phenoxy) is 1. The highest BCUT2D eigenvalue weighted by molar-refractivity contribution is 7.09. The van der Waals surface area contributed by atoms with E-state index in [1.54, 1.807) is 29.6 Å². The minimum absolute atomic E-state index is 0.239. The Hall–Kier alpha value is -2.78. The summed E-state index contributed by atoms with van der Waals surface area (Å²) in [6.07, 6.45) is 2.23. The van der Waals surface area contributed by atoms with Crippen molar-refractivity contribution in [1.82, 2.24) is 15.1 Å². The molecule has 2 heterocycles. The molecular weight excluding hydrogens is 354 g/mol. The Labute approximate surface area is 153 Å². The summed E-state index contributed by atoms with van der Waals surface area (Å²) in [5.74, 6) is 2.04. The predicted molar refractivity (Wildman–Crippen MR) is 95.0 cm³/mol. The summed E-state index contributed by atoms with van der Waals surface area (Å²) in [5.41, 5.74) is 6.52. The van der Waals surface area contributed by atoms with Crippen molar-refractivity contribution in [3.63, 3.8) is 0 Å². The predicted octanol–water partition coefficient (Wildman–Crippen LogP) is 2.69. The van der Waals surface area contributed by atoms with E-state index in [1.807, 2.05) is 0 Å². The summed E-state index contributed by atoms with van der Waals surface area (Å²) in [7, 11) is 0. The fourth-order valence-electron chi connectivity index (χ4n) is 2.31. The Morgan fingerprint density at radius 1 is 1.31 bits per heavy atom. The van der Waals surface area contributed by atoms with Crippen LogP contribution < -0.4 is 15.8 Å². The van der Waals surface area contributed by atoms with Crippen LogP contribution in [0.2, 0.25) is 0 Å². The molecule has 1 aromatic carbocycles. The van der Waals surface area contributed by atoms with Crippen LogP contribution in [0.1, 0.15) is 46.0 Å². The van der Waals surface area contributed by atoms with Crippen molar-refractivity contribution in [1.29, 1.82) is 0 Å². The van der Waals surface area contributed by atoms with Crippen LogP contribution in [0.25, 0.3) is 0 Å². The number of nitrogens with zero attached hydrogens (tertiary/aromatic N) is 3. The molecule has 1 amide bonds. The molecule has 4 rings (SSSR count). The minimum Gasteiger partial charge on any atom is -0.485 e. The number of carbonyl (C=O) groups excluding carboxylic acids is 1. The summed E-state index contributed by atoms with van der Waals surface area (Å²) in [5, 5.41) is 9.11. The van der Waals surface area contributed by atoms with Gasteiger partial charge in [0.25, 0.3) is 5.91 Å². The first-order chi connectivity index (χ1) is 12.7. The van der Waals surface area contributed by atoms with Crippen molar-refractivity contribution >= 4 is 22.9 Å². The fraction of sp³-hybridized carbons (Fsp3) is 0.294. The lowest BCUT2D eigenvalue weighted by molar-refractivity contribution is 0.102. The molecule has 8 nitrogen and oxygen atoms in total. The number of amides is 1. The molecule has 1 aliphatic carbocycles. The Morgan fingerprint density at radius 3 is 2.81 bits per heavy atom. The van der Waals surface area contributed by atoms with Crippen molar-refractivity contribution in [2.75, 3.05) is 5.32 Å². The van der Waals surface area contributed by atoms with Gasteiger partial charge in [-0.25, -0.2) is 4.98 Å². The highest BCUT2D eigenvalue weighted by Gasteiger charge is 2.29. The third-order valence-electron chi connectivity index (χ3n) is 3.85. The molecule has 1 saturated carbocycles. The summed E-state index contributed by atoms with van der Waals surface area (Å²) in [6.45, 7) is 0.565. The lowest BCUT2D eigenvalue weighted by Gasteiger charge is -2.06. The molecule has 1 fully saturated rings. The molecule has 0 unspecified atom stereocenters. The number of nitrogens with one attached hydrogen (secondary N) is 1. The van der Waals surface area contributed by atoms with Crippen molar-refractivity contribution in [2.45, 2.75) is 31.9 Å². The SMILES string of the molecule is NCc1nc(C(=O)Nc2ccc(OCc3noc(C4CC4)n3)cc2)cs1. The number of carbonyl (C=O) groups is 1. The molecule has 3 N–H and O–H groups in total. The molecular formula is C17H17N5O3S. The van der Waals surface area contributed by atoms with E-state index in [9.17, 15) is 4.79 Å². The van der Waals surface area contributed by atoms with Crippen LogP contribution in [-0.2, 0) is 13.2 Å². The van der Waals surface area contributed by atoms with Gasteiger partial charge in [0.1, 0.15) is 16.5 Å². The van der Waals surface area contributed by atoms with Crippen molar-refractivity contribution in [3.05, 3.63) is 52.1 Å². The second-order valence-corrected chi connectivity index (χ2v) is 6.86. The first-order valence-electron chi connectivity index (χ1n) is 8.22. The van der Waals surface area contributed by atoms with Crippen LogP contribution in [0.4, 0.5) is 5.69 Å². The van der Waals surface area contributed by atoms with E-state index in [4.69, 9.17) is 15.0 Å². The normalized spacial score (nSPS) is 13.6. The summed E-state index contributed by atoms with van der Waals surface area (Å²) >= 11 is 1.37. The number of hydrogen-bond acceptors (Lipinski definition) is 8. The molecule has 26 heavy (non-hydrogen) atoms. The van der Waals surface area contributed by atoms with Crippen LogP contribution in [0.15, 0.2) is 34.2 Å². The zero-order chi connectivity index (χ0) is 17.9. The van der Waals surface area contributed by atoms with E-state index in [1.165, 1.54) is 11.3 Å². The monoisotopic (exact) mass is 371 g/mol. The maximum absolute atomic E-state index is 12.1. The number of hydrogen-bond donors (Lipinski definition) is 2. The fourth-order valence-corrected chi connectivity index (χ4v) is 2.96. The van der Waals surface area contributed by atoms with Gasteiger partial charge in [-0.3, -0.25) is 4.79 Å². The molecule has 134 valence electrons. The number of thiazole rings is 1. The summed E-state index contributed by atoms with van der Waals surface area (Å²) in [4.78, 5) is 20.6. The molecule has 1 aliphatic rings. The van der Waals surface area contributed by atoms with Gasteiger partial charge in [-0.1, -0.05) is 5.16 Å². The van der Waals surface area contributed by atoms with Crippen LogP contribution in [0.5, 0.6) is 5.75 Å². The Kier molecular flexibility index (Phi) is 4.63. The van der Waals surface area contributed by atoms with Gasteiger partial charge in [0.05, 0.1) is 0 Å². The Bertz CT molecular complexity index is 901. The van der Waals surface area contributed by atoms with Crippen LogP contribution in [0.3, 0.4) is 0 Å². The van der Waals surface area contributed by atoms with Gasteiger partial charge in [-0.15, -0.1) is 11.3 Å². The van der Waals surface area contributed by atoms with Crippen LogP contribution in [0, 0.1) is 0 Å². The molecule has 0 atom stereocenters. The maximum Gasteiger partial charge on any atom is 0.275 e. The van der Waals surface area contributed by atoms with E-state index in [0.717, 1.165) is 17.8 Å². The maximum atomic E-state index is 12.1. The molecule has 9 heteroatoms. The molecule has 2 aromatic heterocycles. The summed E-state index contributed by atoms with van der Waals surface area (Å²) in [6, 6.07) is 7.05. The standard InChI is InChI=1S/C17H17N5O3S/c18-7-15-20-13(9-26-15)16(23)19-11-3-5-12(6-4-11)24-8-14-21-17(25-22-14)10-1-2-10/h3-6,9-10H,1-2,7-8,18H2,(H,19,23). The van der Waals surface area contributed by atoms with E-state index >= 15 is 0 Å². The number of aromatic nitrogens is 3. The van der Waals surface area contributed by atoms with Gasteiger partial charge in [-0.2, -0.15) is 4.98 Å². The largest absolute Gasteiger partial charge is 0.485 e. The average Bonchev–Trinajstić information content (AvgIpc) is 3.21. The third kappa shape index (κ3) is 3.89. The number of rotatable bonds is 7. The van der Waals surface area contributed by atoms with E-state index in [2.05, 4.69) is 20.4 Å². The van der Waals surface area contributed by atoms with Crippen LogP contribution in [-0.4, -0.2) is 21.0 Å². The van der Waals surface area contributed by atoms with Crippen molar-refractivity contribution in [3.8, 4) is 5.75 Å². The molecule has 3 aromatic rings. The number of anilines is 1. The Morgan fingerprint density at radius 2 is 2.12 bits per heavy atom. The highest BCUT2D eigenvalue weighted by Crippen LogP contribution is 2.38. The van der Waals surface area contributed by atoms with Gasteiger partial charge < -0.3 is 20.3 Å². The summed E-state index contributed by atoms with van der Waals surface area (Å²) < 4.78 is 10.8. The van der Waals surface area contributed by atoms with E-state index in [-0.39, 0.29) is 12.5 Å².